The molecule has 9 heteroatoms. The van der Waals surface area contributed by atoms with Crippen molar-refractivity contribution in [3.8, 4) is 11.1 Å². The molecule has 2 amide bonds. The number of alkyl carbamates (subject to hydrolysis) is 1. The van der Waals surface area contributed by atoms with Gasteiger partial charge in [0.25, 0.3) is 0 Å². The Morgan fingerprint density at radius 1 is 1.09 bits per heavy atom. The maximum Gasteiger partial charge on any atom is 0.407 e. The highest BCUT2D eigenvalue weighted by atomic mass is 19.3. The molecule has 35 heavy (non-hydrogen) atoms. The highest BCUT2D eigenvalue weighted by molar-refractivity contribution is 5.87. The van der Waals surface area contributed by atoms with Gasteiger partial charge in [-0.1, -0.05) is 55.0 Å². The molecule has 0 bridgehead atoms. The number of benzene rings is 2. The fraction of sp³-hybridized carbons (Fsp3) is 0.423. The Morgan fingerprint density at radius 3 is 2.26 bits per heavy atom. The molecule has 0 spiro atoms. The Balaban J connectivity index is 1.41. The fourth-order valence-corrected chi connectivity index (χ4v) is 5.12. The summed E-state index contributed by atoms with van der Waals surface area (Å²) in [7, 11) is 0. The van der Waals surface area contributed by atoms with Crippen molar-refractivity contribution in [2.45, 2.75) is 57.0 Å². The van der Waals surface area contributed by atoms with Crippen molar-refractivity contribution in [1.82, 2.24) is 10.6 Å². The van der Waals surface area contributed by atoms with Crippen LogP contribution in [0.5, 0.6) is 0 Å². The van der Waals surface area contributed by atoms with Gasteiger partial charge in [-0.3, -0.25) is 9.59 Å². The van der Waals surface area contributed by atoms with Gasteiger partial charge in [-0.25, -0.2) is 13.6 Å². The molecule has 2 aromatic carbocycles. The first kappa shape index (κ1) is 24.6. The third-order valence-electron chi connectivity index (χ3n) is 7.13. The van der Waals surface area contributed by atoms with Crippen LogP contribution in [-0.4, -0.2) is 48.2 Å². The summed E-state index contributed by atoms with van der Waals surface area (Å²) in [5.74, 6) is -2.13. The van der Waals surface area contributed by atoms with Crippen LogP contribution in [0.1, 0.15) is 49.7 Å². The Labute approximate surface area is 201 Å². The average Bonchev–Trinajstić information content (AvgIpc) is 3.35. The Morgan fingerprint density at radius 2 is 1.69 bits per heavy atom. The van der Waals surface area contributed by atoms with Crippen molar-refractivity contribution < 1.29 is 33.0 Å². The summed E-state index contributed by atoms with van der Waals surface area (Å²) < 4.78 is 31.8. The minimum atomic E-state index is -2.85. The van der Waals surface area contributed by atoms with E-state index in [9.17, 15) is 28.3 Å². The van der Waals surface area contributed by atoms with E-state index in [1.54, 1.807) is 0 Å². The van der Waals surface area contributed by atoms with E-state index in [1.807, 2.05) is 48.5 Å². The number of halogens is 2. The lowest BCUT2D eigenvalue weighted by Gasteiger charge is -2.29. The number of nitrogens with one attached hydrogen (secondary N) is 2. The summed E-state index contributed by atoms with van der Waals surface area (Å²) in [5.41, 5.74) is 2.90. The largest absolute Gasteiger partial charge is 0.481 e. The predicted molar refractivity (Wildman–Crippen MR) is 124 cm³/mol. The van der Waals surface area contributed by atoms with Crippen LogP contribution in [-0.2, 0) is 14.3 Å². The normalized spacial score (nSPS) is 21.8. The zero-order valence-electron chi connectivity index (χ0n) is 19.3. The van der Waals surface area contributed by atoms with E-state index < -0.39 is 48.3 Å². The van der Waals surface area contributed by atoms with Crippen molar-refractivity contribution in [3.05, 3.63) is 59.7 Å². The number of ether oxygens (including phenoxy) is 1. The standard InChI is InChI=1S/C26H28F2N2O5/c1-26(24(32)33)12-6-11-21(26)30-23(31)20(13-22(27)28)29-25(34)35-14-19-17-9-4-2-7-15(17)16-8-3-5-10-18(16)19/h2-5,7-10,19-22H,6,11-14H2,1H3,(H,29,34)(H,30,31)(H,32,33). The van der Waals surface area contributed by atoms with Crippen molar-refractivity contribution in [3.63, 3.8) is 0 Å². The van der Waals surface area contributed by atoms with Gasteiger partial charge in [-0.2, -0.15) is 0 Å². The van der Waals surface area contributed by atoms with Gasteiger partial charge in [0, 0.05) is 18.4 Å². The van der Waals surface area contributed by atoms with Crippen LogP contribution in [0, 0.1) is 5.41 Å². The van der Waals surface area contributed by atoms with Crippen LogP contribution in [0.25, 0.3) is 11.1 Å². The molecule has 0 radical (unpaired) electrons. The highest BCUT2D eigenvalue weighted by Crippen LogP contribution is 2.44. The molecule has 0 aliphatic heterocycles. The molecule has 3 N–H and O–H groups in total. The number of alkyl halides is 2. The minimum absolute atomic E-state index is 0.0252. The van der Waals surface area contributed by atoms with Crippen molar-refractivity contribution in [1.29, 1.82) is 0 Å². The number of carbonyl (C=O) groups is 3. The van der Waals surface area contributed by atoms with Crippen LogP contribution < -0.4 is 10.6 Å². The lowest BCUT2D eigenvalue weighted by atomic mass is 9.84. The number of rotatable bonds is 8. The molecule has 3 atom stereocenters. The van der Waals surface area contributed by atoms with Gasteiger partial charge in [0.2, 0.25) is 12.3 Å². The van der Waals surface area contributed by atoms with E-state index >= 15 is 0 Å². The quantitative estimate of drug-likeness (QED) is 0.516. The zero-order valence-corrected chi connectivity index (χ0v) is 19.3. The predicted octanol–water partition coefficient (Wildman–Crippen LogP) is 4.31. The van der Waals surface area contributed by atoms with E-state index in [1.165, 1.54) is 6.92 Å². The number of carbonyl (C=O) groups excluding carboxylic acids is 2. The number of fused-ring (bicyclic) bond motifs is 3. The van der Waals surface area contributed by atoms with E-state index in [0.29, 0.717) is 19.3 Å². The third kappa shape index (κ3) is 4.99. The second-order valence-electron chi connectivity index (χ2n) is 9.33. The lowest BCUT2D eigenvalue weighted by molar-refractivity contribution is -0.149. The van der Waals surface area contributed by atoms with Crippen molar-refractivity contribution in [2.75, 3.05) is 6.61 Å². The number of aliphatic carboxylic acids is 1. The van der Waals surface area contributed by atoms with E-state index in [0.717, 1.165) is 22.3 Å². The van der Waals surface area contributed by atoms with E-state index in [4.69, 9.17) is 4.74 Å². The first-order valence-corrected chi connectivity index (χ1v) is 11.6. The monoisotopic (exact) mass is 486 g/mol. The SMILES string of the molecule is CC1(C(=O)O)CCCC1NC(=O)C(CC(F)F)NC(=O)OCC1c2ccccc2-c2ccccc21. The van der Waals surface area contributed by atoms with Crippen LogP contribution in [0.3, 0.4) is 0 Å². The third-order valence-corrected chi connectivity index (χ3v) is 7.13. The second-order valence-corrected chi connectivity index (χ2v) is 9.33. The molecule has 1 fully saturated rings. The summed E-state index contributed by atoms with van der Waals surface area (Å²) in [4.78, 5) is 37.0. The van der Waals surface area contributed by atoms with Crippen LogP contribution in [0.15, 0.2) is 48.5 Å². The first-order valence-electron chi connectivity index (χ1n) is 11.6. The maximum absolute atomic E-state index is 13.2. The molecule has 186 valence electrons. The molecule has 0 aromatic heterocycles. The summed E-state index contributed by atoms with van der Waals surface area (Å²) in [6, 6.07) is 13.3. The fourth-order valence-electron chi connectivity index (χ4n) is 5.12. The Bertz CT molecular complexity index is 1080. The first-order chi connectivity index (χ1) is 16.7. The van der Waals surface area contributed by atoms with E-state index in [-0.39, 0.29) is 12.5 Å². The van der Waals surface area contributed by atoms with Gasteiger partial charge < -0.3 is 20.5 Å². The summed E-state index contributed by atoms with van der Waals surface area (Å²) in [6.07, 6.45) is -3.37. The summed E-state index contributed by atoms with van der Waals surface area (Å²) in [5, 5.41) is 14.3. The molecule has 0 heterocycles. The van der Waals surface area contributed by atoms with Crippen LogP contribution >= 0.6 is 0 Å². The number of carboxylic acid groups (broad SMARTS) is 1. The average molecular weight is 487 g/mol. The lowest BCUT2D eigenvalue weighted by Crippen LogP contribution is -2.54. The van der Waals surface area contributed by atoms with Crippen LogP contribution in [0.2, 0.25) is 0 Å². The molecule has 3 unspecified atom stereocenters. The summed E-state index contributed by atoms with van der Waals surface area (Å²) >= 11 is 0. The van der Waals surface area contributed by atoms with E-state index in [2.05, 4.69) is 10.6 Å². The molecule has 0 saturated heterocycles. The molecule has 7 nitrogen and oxygen atoms in total. The molecule has 2 aliphatic rings. The number of hydrogen-bond acceptors (Lipinski definition) is 4. The van der Waals surface area contributed by atoms with Gasteiger partial charge >= 0.3 is 12.1 Å². The van der Waals surface area contributed by atoms with Gasteiger partial charge in [0.15, 0.2) is 0 Å². The number of carboxylic acids is 1. The molecule has 1 saturated carbocycles. The minimum Gasteiger partial charge on any atom is -0.481 e. The molecule has 2 aromatic rings. The zero-order chi connectivity index (χ0) is 25.2. The van der Waals surface area contributed by atoms with Crippen molar-refractivity contribution in [2.24, 2.45) is 5.41 Å². The highest BCUT2D eigenvalue weighted by Gasteiger charge is 2.46. The molecular weight excluding hydrogens is 458 g/mol. The van der Waals surface area contributed by atoms with Gasteiger partial charge in [-0.15, -0.1) is 0 Å². The number of amides is 2. The van der Waals surface area contributed by atoms with Gasteiger partial charge in [-0.05, 0) is 42.0 Å². The van der Waals surface area contributed by atoms with Gasteiger partial charge in [0.05, 0.1) is 5.41 Å². The smallest absolute Gasteiger partial charge is 0.407 e. The molecular formula is C26H28F2N2O5. The molecule has 4 rings (SSSR count). The van der Waals surface area contributed by atoms with Gasteiger partial charge in [0.1, 0.15) is 12.6 Å². The number of hydrogen-bond donors (Lipinski definition) is 3. The van der Waals surface area contributed by atoms with Crippen molar-refractivity contribution >= 4 is 18.0 Å². The van der Waals surface area contributed by atoms with Crippen LogP contribution in [0.4, 0.5) is 13.6 Å². The molecule has 2 aliphatic carbocycles. The Kier molecular flexibility index (Phi) is 7.05. The second kappa shape index (κ2) is 10.0. The topological polar surface area (TPSA) is 105 Å². The Hall–Kier alpha value is -3.49. The maximum atomic E-state index is 13.2. The summed E-state index contributed by atoms with van der Waals surface area (Å²) in [6.45, 7) is 1.50.